The second-order valence-corrected chi connectivity index (χ2v) is 8.23. The van der Waals surface area contributed by atoms with Gasteiger partial charge in [-0.2, -0.15) is 0 Å². The van der Waals surface area contributed by atoms with Gasteiger partial charge in [0.2, 0.25) is 0 Å². The molecule has 25 heavy (non-hydrogen) atoms. The number of carbonyl (C=O) groups is 1. The van der Waals surface area contributed by atoms with Crippen LogP contribution in [0.4, 0.5) is 5.69 Å². The standard InChI is InChI=1S/C15H11ClN2O5S2/c1-22-15(19)11-8-12(23-17-11)13-6-7-14(24-13)25(20,21)18-10-4-2-9(16)3-5-10/h2-8,18H,1H3. The summed E-state index contributed by atoms with van der Waals surface area (Å²) in [6, 6.07) is 10.7. The van der Waals surface area contributed by atoms with Crippen LogP contribution in [0.25, 0.3) is 10.6 Å². The third-order valence-corrected chi connectivity index (χ3v) is 6.32. The number of benzene rings is 1. The Morgan fingerprint density at radius 1 is 1.24 bits per heavy atom. The SMILES string of the molecule is COC(=O)c1cc(-c2ccc(S(=O)(=O)Nc3ccc(Cl)cc3)s2)on1. The molecule has 0 atom stereocenters. The molecule has 0 amide bonds. The van der Waals surface area contributed by atoms with Crippen molar-refractivity contribution in [3.63, 3.8) is 0 Å². The van der Waals surface area contributed by atoms with Gasteiger partial charge in [0, 0.05) is 16.8 Å². The van der Waals surface area contributed by atoms with Crippen LogP contribution >= 0.6 is 22.9 Å². The fourth-order valence-electron chi connectivity index (χ4n) is 1.91. The number of sulfonamides is 1. The maximum Gasteiger partial charge on any atom is 0.360 e. The molecule has 0 fully saturated rings. The zero-order valence-electron chi connectivity index (χ0n) is 12.7. The number of hydrogen-bond donors (Lipinski definition) is 1. The molecule has 0 aliphatic carbocycles. The molecule has 2 aromatic heterocycles. The van der Waals surface area contributed by atoms with E-state index in [1.807, 2.05) is 0 Å². The Balaban J connectivity index is 1.83. The number of aromatic nitrogens is 1. The molecule has 0 spiro atoms. The summed E-state index contributed by atoms with van der Waals surface area (Å²) in [5, 5.41) is 4.10. The van der Waals surface area contributed by atoms with E-state index in [-0.39, 0.29) is 15.7 Å². The molecule has 0 unspecified atom stereocenters. The highest BCUT2D eigenvalue weighted by Crippen LogP contribution is 2.32. The number of halogens is 1. The zero-order valence-corrected chi connectivity index (χ0v) is 15.1. The largest absolute Gasteiger partial charge is 0.464 e. The Hall–Kier alpha value is -2.36. The topological polar surface area (TPSA) is 98.5 Å². The Morgan fingerprint density at radius 2 is 1.96 bits per heavy atom. The molecular weight excluding hydrogens is 388 g/mol. The maximum atomic E-state index is 12.4. The molecule has 1 aromatic carbocycles. The molecule has 2 heterocycles. The van der Waals surface area contributed by atoms with Crippen LogP contribution in [0, 0.1) is 0 Å². The molecule has 7 nitrogen and oxygen atoms in total. The van der Waals surface area contributed by atoms with E-state index in [9.17, 15) is 13.2 Å². The molecular formula is C15H11ClN2O5S2. The Kier molecular flexibility index (Phi) is 4.80. The van der Waals surface area contributed by atoms with Gasteiger partial charge in [-0.05, 0) is 36.4 Å². The van der Waals surface area contributed by atoms with Gasteiger partial charge in [0.15, 0.2) is 11.5 Å². The first-order chi connectivity index (χ1) is 11.9. The van der Waals surface area contributed by atoms with E-state index in [4.69, 9.17) is 16.1 Å². The van der Waals surface area contributed by atoms with E-state index in [1.165, 1.54) is 19.2 Å². The summed E-state index contributed by atoms with van der Waals surface area (Å²) in [5.74, 6) is -0.359. The summed E-state index contributed by atoms with van der Waals surface area (Å²) >= 11 is 6.77. The molecule has 3 aromatic rings. The van der Waals surface area contributed by atoms with Crippen LogP contribution in [0.15, 0.2) is 51.2 Å². The number of carbonyl (C=O) groups excluding carboxylic acids is 1. The van der Waals surface area contributed by atoms with Crippen LogP contribution in [0.2, 0.25) is 5.02 Å². The van der Waals surface area contributed by atoms with E-state index >= 15 is 0 Å². The van der Waals surface area contributed by atoms with Gasteiger partial charge in [-0.25, -0.2) is 13.2 Å². The molecule has 130 valence electrons. The summed E-state index contributed by atoms with van der Waals surface area (Å²) in [7, 11) is -2.52. The highest BCUT2D eigenvalue weighted by molar-refractivity contribution is 7.94. The lowest BCUT2D eigenvalue weighted by molar-refractivity contribution is 0.0589. The number of rotatable bonds is 5. The lowest BCUT2D eigenvalue weighted by Crippen LogP contribution is -2.11. The van der Waals surface area contributed by atoms with Gasteiger partial charge >= 0.3 is 5.97 Å². The molecule has 0 bridgehead atoms. The number of esters is 1. The first-order valence-electron chi connectivity index (χ1n) is 6.83. The van der Waals surface area contributed by atoms with Gasteiger partial charge in [0.25, 0.3) is 10.0 Å². The van der Waals surface area contributed by atoms with Crippen molar-refractivity contribution in [2.24, 2.45) is 0 Å². The van der Waals surface area contributed by atoms with Crippen LogP contribution in [0.5, 0.6) is 0 Å². The highest BCUT2D eigenvalue weighted by Gasteiger charge is 2.20. The summed E-state index contributed by atoms with van der Waals surface area (Å²) in [6.07, 6.45) is 0. The fourth-order valence-corrected chi connectivity index (χ4v) is 4.35. The van der Waals surface area contributed by atoms with E-state index in [0.29, 0.717) is 15.6 Å². The molecule has 10 heteroatoms. The molecule has 0 saturated heterocycles. The van der Waals surface area contributed by atoms with Crippen LogP contribution in [0.3, 0.4) is 0 Å². The second-order valence-electron chi connectivity index (χ2n) is 4.80. The highest BCUT2D eigenvalue weighted by atomic mass is 35.5. The van der Waals surface area contributed by atoms with Gasteiger partial charge < -0.3 is 9.26 Å². The van der Waals surface area contributed by atoms with Crippen molar-refractivity contribution >= 4 is 44.6 Å². The number of hydrogen-bond acceptors (Lipinski definition) is 7. The van der Waals surface area contributed by atoms with Gasteiger partial charge in [-0.3, -0.25) is 4.72 Å². The normalized spacial score (nSPS) is 11.3. The monoisotopic (exact) mass is 398 g/mol. The van der Waals surface area contributed by atoms with Crippen molar-refractivity contribution in [3.05, 3.63) is 53.2 Å². The quantitative estimate of drug-likeness (QED) is 0.659. The Labute approximate surface area is 152 Å². The number of anilines is 1. The summed E-state index contributed by atoms with van der Waals surface area (Å²) < 4.78 is 37.0. The Bertz CT molecular complexity index is 1010. The van der Waals surface area contributed by atoms with Crippen LogP contribution < -0.4 is 4.72 Å². The molecule has 0 radical (unpaired) electrons. The lowest BCUT2D eigenvalue weighted by Gasteiger charge is -2.05. The van der Waals surface area contributed by atoms with Crippen molar-refractivity contribution in [1.82, 2.24) is 5.16 Å². The number of methoxy groups -OCH3 is 1. The minimum Gasteiger partial charge on any atom is -0.464 e. The van der Waals surface area contributed by atoms with E-state index in [0.717, 1.165) is 11.3 Å². The molecule has 0 aliphatic rings. The second kappa shape index (κ2) is 6.87. The average molecular weight is 399 g/mol. The Morgan fingerprint density at radius 3 is 2.64 bits per heavy atom. The predicted octanol–water partition coefficient (Wildman–Crippen LogP) is 3.64. The number of nitrogens with zero attached hydrogens (tertiary/aromatic N) is 1. The van der Waals surface area contributed by atoms with E-state index < -0.39 is 16.0 Å². The molecule has 1 N–H and O–H groups in total. The fraction of sp³-hybridized carbons (Fsp3) is 0.0667. The van der Waals surface area contributed by atoms with E-state index in [1.54, 1.807) is 30.3 Å². The van der Waals surface area contributed by atoms with Crippen LogP contribution in [-0.2, 0) is 14.8 Å². The molecule has 0 aliphatic heterocycles. The molecule has 3 rings (SSSR count). The van der Waals surface area contributed by atoms with E-state index in [2.05, 4.69) is 14.6 Å². The first-order valence-corrected chi connectivity index (χ1v) is 9.50. The maximum absolute atomic E-state index is 12.4. The predicted molar refractivity (Wildman–Crippen MR) is 93.4 cm³/mol. The first kappa shape index (κ1) is 17.5. The van der Waals surface area contributed by atoms with Gasteiger partial charge in [0.1, 0.15) is 4.21 Å². The van der Waals surface area contributed by atoms with Crippen LogP contribution in [-0.4, -0.2) is 26.7 Å². The minimum atomic E-state index is -3.76. The van der Waals surface area contributed by atoms with Gasteiger partial charge in [-0.15, -0.1) is 11.3 Å². The number of nitrogens with one attached hydrogen (secondary N) is 1. The zero-order chi connectivity index (χ0) is 18.0. The smallest absolute Gasteiger partial charge is 0.360 e. The van der Waals surface area contributed by atoms with Crippen molar-refractivity contribution < 1.29 is 22.5 Å². The summed E-state index contributed by atoms with van der Waals surface area (Å²) in [4.78, 5) is 11.9. The van der Waals surface area contributed by atoms with Gasteiger partial charge in [0.05, 0.1) is 12.0 Å². The van der Waals surface area contributed by atoms with Crippen molar-refractivity contribution in [2.45, 2.75) is 4.21 Å². The summed E-state index contributed by atoms with van der Waals surface area (Å²) in [6.45, 7) is 0. The van der Waals surface area contributed by atoms with Crippen molar-refractivity contribution in [3.8, 4) is 10.6 Å². The average Bonchev–Trinajstić information content (AvgIpc) is 3.25. The third-order valence-electron chi connectivity index (χ3n) is 3.09. The van der Waals surface area contributed by atoms with Crippen molar-refractivity contribution in [1.29, 1.82) is 0 Å². The van der Waals surface area contributed by atoms with Gasteiger partial charge in [-0.1, -0.05) is 16.8 Å². The molecule has 0 saturated carbocycles. The number of thiophene rings is 1. The summed E-state index contributed by atoms with van der Waals surface area (Å²) in [5.41, 5.74) is 0.404. The number of ether oxygens (including phenoxy) is 1. The minimum absolute atomic E-state index is 0.00889. The lowest BCUT2D eigenvalue weighted by atomic mass is 10.3. The van der Waals surface area contributed by atoms with Crippen molar-refractivity contribution in [2.75, 3.05) is 11.8 Å². The van der Waals surface area contributed by atoms with Crippen LogP contribution in [0.1, 0.15) is 10.5 Å². The third kappa shape index (κ3) is 3.84.